The number of aryl methyl sites for hydroxylation is 1. The van der Waals surface area contributed by atoms with E-state index in [1.165, 1.54) is 0 Å². The van der Waals surface area contributed by atoms with Crippen LogP contribution in [0, 0.1) is 6.92 Å². The van der Waals surface area contributed by atoms with Crippen LogP contribution in [0.25, 0.3) is 0 Å². The molecule has 1 amide bonds. The highest BCUT2D eigenvalue weighted by Gasteiger charge is 2.13. The fourth-order valence-corrected chi connectivity index (χ4v) is 1.77. The number of amides is 1. The molecular formula is C15H24N2O3. The summed E-state index contributed by atoms with van der Waals surface area (Å²) in [6.45, 7) is 4.67. The highest BCUT2D eigenvalue weighted by atomic mass is 16.5. The number of ether oxygens (including phenoxy) is 2. The maximum atomic E-state index is 11.7. The molecule has 1 rings (SSSR count). The van der Waals surface area contributed by atoms with Gasteiger partial charge in [-0.25, -0.2) is 0 Å². The van der Waals surface area contributed by atoms with Gasteiger partial charge in [-0.3, -0.25) is 4.79 Å². The summed E-state index contributed by atoms with van der Waals surface area (Å²) < 4.78 is 10.7. The van der Waals surface area contributed by atoms with Gasteiger partial charge in [0.2, 0.25) is 5.91 Å². The Kier molecular flexibility index (Phi) is 7.04. The third-order valence-corrected chi connectivity index (χ3v) is 2.91. The molecule has 2 unspecified atom stereocenters. The Labute approximate surface area is 120 Å². The van der Waals surface area contributed by atoms with Gasteiger partial charge in [0.25, 0.3) is 0 Å². The van der Waals surface area contributed by atoms with Gasteiger partial charge in [0.15, 0.2) is 0 Å². The lowest BCUT2D eigenvalue weighted by Gasteiger charge is -2.17. The van der Waals surface area contributed by atoms with Crippen molar-refractivity contribution < 1.29 is 14.3 Å². The number of carbonyl (C=O) groups excluding carboxylic acids is 1. The molecule has 5 nitrogen and oxygen atoms in total. The third kappa shape index (κ3) is 6.04. The Morgan fingerprint density at radius 1 is 1.45 bits per heavy atom. The van der Waals surface area contributed by atoms with Gasteiger partial charge in [-0.2, -0.15) is 0 Å². The lowest BCUT2D eigenvalue weighted by Crippen LogP contribution is -2.39. The van der Waals surface area contributed by atoms with Gasteiger partial charge < -0.3 is 20.5 Å². The van der Waals surface area contributed by atoms with E-state index in [0.717, 1.165) is 11.3 Å². The molecule has 0 saturated heterocycles. The van der Waals surface area contributed by atoms with E-state index in [1.807, 2.05) is 38.1 Å². The quantitative estimate of drug-likeness (QED) is 0.751. The zero-order valence-corrected chi connectivity index (χ0v) is 12.4. The summed E-state index contributed by atoms with van der Waals surface area (Å²) in [4.78, 5) is 11.7. The second-order valence-corrected chi connectivity index (χ2v) is 4.89. The number of hydrogen-bond donors (Lipinski definition) is 2. The molecule has 0 bridgehead atoms. The van der Waals surface area contributed by atoms with Crippen LogP contribution in [0.3, 0.4) is 0 Å². The predicted molar refractivity (Wildman–Crippen MR) is 78.7 cm³/mol. The molecule has 0 fully saturated rings. The number of rotatable bonds is 8. The zero-order valence-electron chi connectivity index (χ0n) is 12.4. The number of nitrogens with one attached hydrogen (secondary N) is 1. The molecule has 0 heterocycles. The maximum absolute atomic E-state index is 11.7. The van der Waals surface area contributed by atoms with Crippen LogP contribution >= 0.6 is 0 Å². The van der Waals surface area contributed by atoms with E-state index in [1.54, 1.807) is 7.11 Å². The van der Waals surface area contributed by atoms with Gasteiger partial charge in [0.05, 0.1) is 18.6 Å². The van der Waals surface area contributed by atoms with Crippen LogP contribution in [0.15, 0.2) is 24.3 Å². The van der Waals surface area contributed by atoms with Gasteiger partial charge in [-0.15, -0.1) is 0 Å². The largest absolute Gasteiger partial charge is 0.491 e. The van der Waals surface area contributed by atoms with E-state index in [9.17, 15) is 4.79 Å². The van der Waals surface area contributed by atoms with Crippen molar-refractivity contribution in [1.29, 1.82) is 0 Å². The first-order valence-electron chi connectivity index (χ1n) is 6.76. The lowest BCUT2D eigenvalue weighted by molar-refractivity contribution is -0.124. The molecule has 0 aliphatic rings. The standard InChI is InChI=1S/C15H24N2O3/c1-11-5-4-6-13(7-11)20-10-12(2)17-15(18)8-14(9-16)19-3/h4-7,12,14H,8-10,16H2,1-3H3,(H,17,18). The molecule has 0 saturated carbocycles. The average molecular weight is 280 g/mol. The van der Waals surface area contributed by atoms with Crippen LogP contribution in [-0.2, 0) is 9.53 Å². The molecule has 112 valence electrons. The Bertz CT molecular complexity index is 419. The van der Waals surface area contributed by atoms with Crippen LogP contribution in [-0.4, -0.2) is 38.3 Å². The van der Waals surface area contributed by atoms with Crippen LogP contribution in [0.1, 0.15) is 18.9 Å². The zero-order chi connectivity index (χ0) is 15.0. The Hall–Kier alpha value is -1.59. The molecule has 1 aromatic rings. The maximum Gasteiger partial charge on any atom is 0.222 e. The fraction of sp³-hybridized carbons (Fsp3) is 0.533. The molecule has 2 atom stereocenters. The summed E-state index contributed by atoms with van der Waals surface area (Å²) in [5.74, 6) is 0.727. The number of nitrogens with two attached hydrogens (primary N) is 1. The van der Waals surface area contributed by atoms with E-state index < -0.39 is 0 Å². The summed E-state index contributed by atoms with van der Waals surface area (Å²) in [6.07, 6.45) is 0.0294. The molecule has 5 heteroatoms. The minimum atomic E-state index is -0.236. The summed E-state index contributed by atoms with van der Waals surface area (Å²) in [7, 11) is 1.55. The second kappa shape index (κ2) is 8.55. The minimum absolute atomic E-state index is 0.0710. The Morgan fingerprint density at radius 2 is 2.20 bits per heavy atom. The van der Waals surface area contributed by atoms with Crippen molar-refractivity contribution in [3.05, 3.63) is 29.8 Å². The molecule has 1 aromatic carbocycles. The third-order valence-electron chi connectivity index (χ3n) is 2.91. The SMILES string of the molecule is COC(CN)CC(=O)NC(C)COc1cccc(C)c1. The van der Waals surface area contributed by atoms with Crippen molar-refractivity contribution in [3.8, 4) is 5.75 Å². The smallest absolute Gasteiger partial charge is 0.222 e. The van der Waals surface area contributed by atoms with Crippen LogP contribution in [0.5, 0.6) is 5.75 Å². The fourth-order valence-electron chi connectivity index (χ4n) is 1.77. The molecule has 0 aromatic heterocycles. The summed E-state index contributed by atoms with van der Waals surface area (Å²) in [5, 5.41) is 2.86. The van der Waals surface area contributed by atoms with Gasteiger partial charge in [0.1, 0.15) is 12.4 Å². The number of hydrogen-bond acceptors (Lipinski definition) is 4. The monoisotopic (exact) mass is 280 g/mol. The highest BCUT2D eigenvalue weighted by Crippen LogP contribution is 2.12. The lowest BCUT2D eigenvalue weighted by atomic mass is 10.2. The van der Waals surface area contributed by atoms with Gasteiger partial charge in [-0.1, -0.05) is 12.1 Å². The van der Waals surface area contributed by atoms with Crippen LogP contribution in [0.2, 0.25) is 0 Å². The minimum Gasteiger partial charge on any atom is -0.491 e. The molecule has 0 aliphatic carbocycles. The van der Waals surface area contributed by atoms with Crippen molar-refractivity contribution in [2.75, 3.05) is 20.3 Å². The first-order chi connectivity index (χ1) is 9.55. The predicted octanol–water partition coefficient (Wildman–Crippen LogP) is 1.24. The van der Waals surface area contributed by atoms with E-state index in [-0.39, 0.29) is 24.5 Å². The van der Waals surface area contributed by atoms with E-state index in [0.29, 0.717) is 13.2 Å². The van der Waals surface area contributed by atoms with Crippen LogP contribution in [0.4, 0.5) is 0 Å². The molecule has 3 N–H and O–H groups in total. The number of carbonyl (C=O) groups is 1. The van der Waals surface area contributed by atoms with E-state index in [2.05, 4.69) is 5.32 Å². The van der Waals surface area contributed by atoms with Crippen molar-refractivity contribution >= 4 is 5.91 Å². The molecule has 0 radical (unpaired) electrons. The normalized spacial score (nSPS) is 13.6. The number of benzene rings is 1. The Morgan fingerprint density at radius 3 is 2.80 bits per heavy atom. The summed E-state index contributed by atoms with van der Waals surface area (Å²) in [6, 6.07) is 7.74. The number of methoxy groups -OCH3 is 1. The first-order valence-corrected chi connectivity index (χ1v) is 6.76. The summed E-state index contributed by atoms with van der Waals surface area (Å²) >= 11 is 0. The molecule has 20 heavy (non-hydrogen) atoms. The Balaban J connectivity index is 2.32. The molecule has 0 spiro atoms. The van der Waals surface area contributed by atoms with Gasteiger partial charge >= 0.3 is 0 Å². The average Bonchev–Trinajstić information content (AvgIpc) is 2.42. The first kappa shape index (κ1) is 16.5. The van der Waals surface area contributed by atoms with Crippen molar-refractivity contribution in [2.24, 2.45) is 5.73 Å². The van der Waals surface area contributed by atoms with Crippen molar-refractivity contribution in [1.82, 2.24) is 5.32 Å². The molecular weight excluding hydrogens is 256 g/mol. The highest BCUT2D eigenvalue weighted by molar-refractivity contribution is 5.76. The van der Waals surface area contributed by atoms with Crippen LogP contribution < -0.4 is 15.8 Å². The topological polar surface area (TPSA) is 73.6 Å². The van der Waals surface area contributed by atoms with Gasteiger partial charge in [0, 0.05) is 13.7 Å². The summed E-state index contributed by atoms with van der Waals surface area (Å²) in [5.41, 5.74) is 6.63. The van der Waals surface area contributed by atoms with Gasteiger partial charge in [-0.05, 0) is 31.5 Å². The van der Waals surface area contributed by atoms with Crippen molar-refractivity contribution in [2.45, 2.75) is 32.4 Å². The van der Waals surface area contributed by atoms with E-state index >= 15 is 0 Å². The van der Waals surface area contributed by atoms with E-state index in [4.69, 9.17) is 15.2 Å². The van der Waals surface area contributed by atoms with Crippen molar-refractivity contribution in [3.63, 3.8) is 0 Å². The molecule has 0 aliphatic heterocycles. The second-order valence-electron chi connectivity index (χ2n) is 4.89.